The molecule has 0 aliphatic carbocycles. The third-order valence-electron chi connectivity index (χ3n) is 2.48. The molecule has 0 heterocycles. The Morgan fingerprint density at radius 1 is 1.50 bits per heavy atom. The molecule has 0 bridgehead atoms. The van der Waals surface area contributed by atoms with Crippen molar-refractivity contribution in [1.29, 1.82) is 0 Å². The van der Waals surface area contributed by atoms with Gasteiger partial charge in [-0.1, -0.05) is 25.6 Å². The second-order valence-electron chi connectivity index (χ2n) is 4.28. The van der Waals surface area contributed by atoms with Crippen molar-refractivity contribution in [3.8, 4) is 0 Å². The molecule has 1 aromatic carbocycles. The van der Waals surface area contributed by atoms with Crippen molar-refractivity contribution in [2.24, 2.45) is 5.73 Å². The minimum absolute atomic E-state index is 0.0412. The summed E-state index contributed by atoms with van der Waals surface area (Å²) in [7, 11) is 0. The highest BCUT2D eigenvalue weighted by atomic mass is 16.1. The van der Waals surface area contributed by atoms with Crippen LogP contribution in [0.5, 0.6) is 0 Å². The average molecular weight is 244 g/mol. The van der Waals surface area contributed by atoms with E-state index in [1.807, 2.05) is 44.2 Å². The number of carbonyl (C=O) groups is 1. The van der Waals surface area contributed by atoms with Crippen LogP contribution in [0.2, 0.25) is 0 Å². The van der Waals surface area contributed by atoms with E-state index in [2.05, 4.69) is 11.9 Å². The van der Waals surface area contributed by atoms with Crippen LogP contribution in [-0.4, -0.2) is 5.91 Å². The zero-order valence-corrected chi connectivity index (χ0v) is 11.0. The minimum Gasteiger partial charge on any atom is -0.399 e. The SMILES string of the molecule is C=C(N)/C=C(\C)c1cccc(NC(=O)CCC)c1. The number of nitrogens with one attached hydrogen (secondary N) is 1. The first-order chi connectivity index (χ1) is 8.52. The molecule has 0 radical (unpaired) electrons. The fraction of sp³-hybridized carbons (Fsp3) is 0.267. The Hall–Kier alpha value is -2.03. The van der Waals surface area contributed by atoms with Gasteiger partial charge in [0, 0.05) is 17.8 Å². The van der Waals surface area contributed by atoms with E-state index in [9.17, 15) is 4.79 Å². The van der Waals surface area contributed by atoms with Crippen molar-refractivity contribution >= 4 is 17.2 Å². The molecular weight excluding hydrogens is 224 g/mol. The highest BCUT2D eigenvalue weighted by Crippen LogP contribution is 2.19. The number of amides is 1. The number of hydrogen-bond donors (Lipinski definition) is 2. The predicted octanol–water partition coefficient (Wildman–Crippen LogP) is 3.30. The lowest BCUT2D eigenvalue weighted by atomic mass is 10.1. The van der Waals surface area contributed by atoms with Gasteiger partial charge in [-0.05, 0) is 42.7 Å². The van der Waals surface area contributed by atoms with E-state index in [-0.39, 0.29) is 5.91 Å². The number of hydrogen-bond acceptors (Lipinski definition) is 2. The number of carbonyl (C=O) groups excluding carboxylic acids is 1. The molecule has 0 saturated heterocycles. The third kappa shape index (κ3) is 4.45. The Kier molecular flexibility index (Phi) is 5.18. The molecule has 0 unspecified atom stereocenters. The first kappa shape index (κ1) is 14.0. The summed E-state index contributed by atoms with van der Waals surface area (Å²) in [6, 6.07) is 7.70. The van der Waals surface area contributed by atoms with Crippen molar-refractivity contribution in [2.75, 3.05) is 5.32 Å². The minimum atomic E-state index is 0.0412. The van der Waals surface area contributed by atoms with E-state index in [1.54, 1.807) is 0 Å². The van der Waals surface area contributed by atoms with Gasteiger partial charge >= 0.3 is 0 Å². The molecule has 0 spiro atoms. The first-order valence-electron chi connectivity index (χ1n) is 6.06. The molecule has 0 saturated carbocycles. The van der Waals surface area contributed by atoms with Gasteiger partial charge < -0.3 is 11.1 Å². The van der Waals surface area contributed by atoms with Crippen molar-refractivity contribution in [3.63, 3.8) is 0 Å². The number of anilines is 1. The second kappa shape index (κ2) is 6.64. The molecule has 1 rings (SSSR count). The normalized spacial score (nSPS) is 11.1. The van der Waals surface area contributed by atoms with E-state index in [0.717, 1.165) is 23.2 Å². The standard InChI is InChI=1S/C15H20N2O/c1-4-6-15(18)17-14-8-5-7-13(10-14)11(2)9-12(3)16/h5,7-10H,3-4,6,16H2,1-2H3,(H,17,18)/b11-9+. The molecule has 0 aromatic heterocycles. The maximum Gasteiger partial charge on any atom is 0.224 e. The lowest BCUT2D eigenvalue weighted by molar-refractivity contribution is -0.116. The molecule has 18 heavy (non-hydrogen) atoms. The summed E-state index contributed by atoms with van der Waals surface area (Å²) in [5.41, 5.74) is 8.92. The lowest BCUT2D eigenvalue weighted by Crippen LogP contribution is -2.10. The van der Waals surface area contributed by atoms with E-state index in [1.165, 1.54) is 0 Å². The Balaban J connectivity index is 2.86. The van der Waals surface area contributed by atoms with E-state index in [0.29, 0.717) is 12.1 Å². The van der Waals surface area contributed by atoms with Gasteiger partial charge in [-0.3, -0.25) is 4.79 Å². The average Bonchev–Trinajstić information content (AvgIpc) is 2.28. The van der Waals surface area contributed by atoms with Gasteiger partial charge in [0.05, 0.1) is 0 Å². The molecule has 0 fully saturated rings. The van der Waals surface area contributed by atoms with Gasteiger partial charge in [0.2, 0.25) is 5.91 Å². The zero-order chi connectivity index (χ0) is 13.5. The Morgan fingerprint density at radius 2 is 2.22 bits per heavy atom. The molecule has 3 nitrogen and oxygen atoms in total. The third-order valence-corrected chi connectivity index (χ3v) is 2.48. The Labute approximate surface area is 108 Å². The predicted molar refractivity (Wildman–Crippen MR) is 77.0 cm³/mol. The molecule has 0 aliphatic rings. The Bertz CT molecular complexity index is 475. The largest absolute Gasteiger partial charge is 0.399 e. The quantitative estimate of drug-likeness (QED) is 0.781. The van der Waals surface area contributed by atoms with Crippen molar-refractivity contribution in [3.05, 3.63) is 48.2 Å². The fourth-order valence-corrected chi connectivity index (χ4v) is 1.65. The maximum absolute atomic E-state index is 11.5. The highest BCUT2D eigenvalue weighted by Gasteiger charge is 2.02. The van der Waals surface area contributed by atoms with E-state index < -0.39 is 0 Å². The molecule has 0 aliphatic heterocycles. The Morgan fingerprint density at radius 3 is 2.83 bits per heavy atom. The summed E-state index contributed by atoms with van der Waals surface area (Å²) in [4.78, 5) is 11.5. The molecule has 3 heteroatoms. The van der Waals surface area contributed by atoms with E-state index >= 15 is 0 Å². The zero-order valence-electron chi connectivity index (χ0n) is 11.0. The summed E-state index contributed by atoms with van der Waals surface area (Å²) in [6.45, 7) is 7.59. The highest BCUT2D eigenvalue weighted by molar-refractivity contribution is 5.91. The van der Waals surface area contributed by atoms with Crippen molar-refractivity contribution in [2.45, 2.75) is 26.7 Å². The summed E-state index contributed by atoms with van der Waals surface area (Å²) >= 11 is 0. The van der Waals surface area contributed by atoms with Crippen LogP contribution in [0.4, 0.5) is 5.69 Å². The summed E-state index contributed by atoms with van der Waals surface area (Å²) in [5, 5.41) is 2.87. The van der Waals surface area contributed by atoms with Crippen LogP contribution in [0, 0.1) is 0 Å². The van der Waals surface area contributed by atoms with Crippen LogP contribution >= 0.6 is 0 Å². The number of benzene rings is 1. The van der Waals surface area contributed by atoms with Gasteiger partial charge in [0.15, 0.2) is 0 Å². The van der Waals surface area contributed by atoms with Gasteiger partial charge in [0.1, 0.15) is 0 Å². The number of allylic oxidation sites excluding steroid dienone is 2. The van der Waals surface area contributed by atoms with Gasteiger partial charge in [0.25, 0.3) is 0 Å². The number of rotatable bonds is 5. The van der Waals surface area contributed by atoms with Crippen LogP contribution < -0.4 is 11.1 Å². The topological polar surface area (TPSA) is 55.1 Å². The van der Waals surface area contributed by atoms with Crippen LogP contribution in [0.1, 0.15) is 32.3 Å². The van der Waals surface area contributed by atoms with Crippen LogP contribution in [0.3, 0.4) is 0 Å². The summed E-state index contributed by atoms with van der Waals surface area (Å²) < 4.78 is 0. The molecule has 1 aromatic rings. The van der Waals surface area contributed by atoms with Crippen LogP contribution in [0.25, 0.3) is 5.57 Å². The van der Waals surface area contributed by atoms with Gasteiger partial charge in [-0.2, -0.15) is 0 Å². The molecule has 3 N–H and O–H groups in total. The van der Waals surface area contributed by atoms with Crippen molar-refractivity contribution < 1.29 is 4.79 Å². The second-order valence-corrected chi connectivity index (χ2v) is 4.28. The van der Waals surface area contributed by atoms with Crippen LogP contribution in [-0.2, 0) is 4.79 Å². The molecule has 96 valence electrons. The van der Waals surface area contributed by atoms with Gasteiger partial charge in [-0.15, -0.1) is 0 Å². The first-order valence-corrected chi connectivity index (χ1v) is 6.06. The van der Waals surface area contributed by atoms with Crippen molar-refractivity contribution in [1.82, 2.24) is 0 Å². The van der Waals surface area contributed by atoms with E-state index in [4.69, 9.17) is 5.73 Å². The fourth-order valence-electron chi connectivity index (χ4n) is 1.65. The smallest absolute Gasteiger partial charge is 0.224 e. The summed E-state index contributed by atoms with van der Waals surface area (Å²) in [5.74, 6) is 0.0412. The molecule has 0 atom stereocenters. The number of nitrogens with two attached hydrogens (primary N) is 1. The molecule has 1 amide bonds. The summed E-state index contributed by atoms with van der Waals surface area (Å²) in [6.07, 6.45) is 3.20. The molecular formula is C15H20N2O. The van der Waals surface area contributed by atoms with Gasteiger partial charge in [-0.25, -0.2) is 0 Å². The maximum atomic E-state index is 11.5. The van der Waals surface area contributed by atoms with Crippen LogP contribution in [0.15, 0.2) is 42.6 Å². The lowest BCUT2D eigenvalue weighted by Gasteiger charge is -2.07. The monoisotopic (exact) mass is 244 g/mol.